The summed E-state index contributed by atoms with van der Waals surface area (Å²) in [5.41, 5.74) is 0.764. The van der Waals surface area contributed by atoms with Crippen molar-refractivity contribution in [3.63, 3.8) is 0 Å². The van der Waals surface area contributed by atoms with Gasteiger partial charge in [0.25, 0.3) is 5.95 Å². The fourth-order valence-corrected chi connectivity index (χ4v) is 1.11. The van der Waals surface area contributed by atoms with Gasteiger partial charge in [-0.15, -0.1) is 0 Å². The third-order valence-corrected chi connectivity index (χ3v) is 2.05. The van der Waals surface area contributed by atoms with Crippen molar-refractivity contribution in [1.29, 1.82) is 0 Å². The van der Waals surface area contributed by atoms with E-state index in [0.29, 0.717) is 5.75 Å². The number of rotatable bonds is 3. The van der Waals surface area contributed by atoms with Crippen molar-refractivity contribution in [2.45, 2.75) is 32.3 Å². The van der Waals surface area contributed by atoms with Crippen molar-refractivity contribution in [2.24, 2.45) is 0 Å². The van der Waals surface area contributed by atoms with Crippen molar-refractivity contribution >= 4 is 0 Å². The first-order valence-electron chi connectivity index (χ1n) is 4.61. The number of pyridine rings is 1. The Morgan fingerprint density at radius 3 is 2.85 bits per heavy atom. The Morgan fingerprint density at radius 2 is 2.31 bits per heavy atom. The monoisotopic (exact) mass is 181 g/mol. The number of aryl methyl sites for hydroxylation is 1. The van der Waals surface area contributed by atoms with E-state index >= 15 is 0 Å². The normalized spacial score (nSPS) is 15.8. The van der Waals surface area contributed by atoms with Gasteiger partial charge in [-0.05, 0) is 31.4 Å². The van der Waals surface area contributed by atoms with Crippen LogP contribution < -0.4 is 4.74 Å². The average Bonchev–Trinajstić information content (AvgIpc) is 2.92. The third-order valence-electron chi connectivity index (χ3n) is 2.05. The molecule has 1 fully saturated rings. The minimum absolute atomic E-state index is 0.226. The summed E-state index contributed by atoms with van der Waals surface area (Å²) in [4.78, 5) is 3.78. The molecule has 0 amide bonds. The maximum absolute atomic E-state index is 13.2. The van der Waals surface area contributed by atoms with Crippen LogP contribution in [0.15, 0.2) is 12.1 Å². The summed E-state index contributed by atoms with van der Waals surface area (Å²) in [6, 6.07) is 3.47. The van der Waals surface area contributed by atoms with Gasteiger partial charge in [-0.1, -0.05) is 6.92 Å². The van der Waals surface area contributed by atoms with Gasteiger partial charge in [0.05, 0.1) is 6.10 Å². The van der Waals surface area contributed by atoms with Crippen LogP contribution in [0.2, 0.25) is 0 Å². The number of hydrogen-bond donors (Lipinski definition) is 0. The predicted molar refractivity (Wildman–Crippen MR) is 47.2 cm³/mol. The van der Waals surface area contributed by atoms with Gasteiger partial charge >= 0.3 is 0 Å². The molecule has 1 aromatic rings. The van der Waals surface area contributed by atoms with Crippen LogP contribution in [-0.2, 0) is 6.42 Å². The lowest BCUT2D eigenvalue weighted by Crippen LogP contribution is -2.01. The molecule has 0 aromatic carbocycles. The fourth-order valence-electron chi connectivity index (χ4n) is 1.11. The summed E-state index contributed by atoms with van der Waals surface area (Å²) in [5, 5.41) is 0. The van der Waals surface area contributed by atoms with Crippen LogP contribution in [0.3, 0.4) is 0 Å². The molecule has 0 aliphatic heterocycles. The fraction of sp³-hybridized carbons (Fsp3) is 0.500. The van der Waals surface area contributed by atoms with E-state index in [1.807, 2.05) is 6.92 Å². The smallest absolute Gasteiger partial charge is 0.255 e. The van der Waals surface area contributed by atoms with Crippen molar-refractivity contribution in [3.05, 3.63) is 23.8 Å². The molecule has 0 spiro atoms. The van der Waals surface area contributed by atoms with E-state index in [-0.39, 0.29) is 6.10 Å². The van der Waals surface area contributed by atoms with Crippen LogP contribution >= 0.6 is 0 Å². The second-order valence-electron chi connectivity index (χ2n) is 3.26. The minimum Gasteiger partial charge on any atom is -0.486 e. The van der Waals surface area contributed by atoms with E-state index in [0.717, 1.165) is 25.0 Å². The highest BCUT2D eigenvalue weighted by Crippen LogP contribution is 2.27. The lowest BCUT2D eigenvalue weighted by atomic mass is 10.3. The predicted octanol–water partition coefficient (Wildman–Crippen LogP) is 2.32. The van der Waals surface area contributed by atoms with Crippen molar-refractivity contribution in [3.8, 4) is 5.75 Å². The van der Waals surface area contributed by atoms with Gasteiger partial charge < -0.3 is 4.74 Å². The Kier molecular flexibility index (Phi) is 2.17. The molecule has 0 atom stereocenters. The van der Waals surface area contributed by atoms with Crippen molar-refractivity contribution in [2.75, 3.05) is 0 Å². The zero-order valence-corrected chi connectivity index (χ0v) is 7.59. The van der Waals surface area contributed by atoms with Crippen LogP contribution in [0.4, 0.5) is 4.39 Å². The summed E-state index contributed by atoms with van der Waals surface area (Å²) in [6.45, 7) is 1.95. The first-order valence-corrected chi connectivity index (χ1v) is 4.61. The van der Waals surface area contributed by atoms with E-state index < -0.39 is 5.95 Å². The SMILES string of the molecule is CCc1ccc(OC2CC2)c(F)n1. The van der Waals surface area contributed by atoms with Crippen LogP contribution in [-0.4, -0.2) is 11.1 Å². The molecule has 1 aromatic heterocycles. The van der Waals surface area contributed by atoms with Crippen LogP contribution in [0.25, 0.3) is 0 Å². The molecule has 1 heterocycles. The molecule has 3 heteroatoms. The molecule has 2 rings (SSSR count). The standard InChI is InChI=1S/C10H12FNO/c1-2-7-3-6-9(10(11)12-7)13-8-4-5-8/h3,6,8H,2,4-5H2,1H3. The van der Waals surface area contributed by atoms with Crippen molar-refractivity contribution in [1.82, 2.24) is 4.98 Å². The highest BCUT2D eigenvalue weighted by molar-refractivity contribution is 5.22. The molecular formula is C10H12FNO. The third kappa shape index (κ3) is 1.97. The largest absolute Gasteiger partial charge is 0.486 e. The van der Waals surface area contributed by atoms with Gasteiger partial charge in [-0.3, -0.25) is 0 Å². The number of halogens is 1. The maximum atomic E-state index is 13.2. The first kappa shape index (κ1) is 8.48. The summed E-state index contributed by atoms with van der Waals surface area (Å²) in [6.07, 6.45) is 3.05. The van der Waals surface area contributed by atoms with Gasteiger partial charge in [0.2, 0.25) is 0 Å². The number of nitrogens with zero attached hydrogens (tertiary/aromatic N) is 1. The highest BCUT2D eigenvalue weighted by Gasteiger charge is 2.24. The number of aromatic nitrogens is 1. The lowest BCUT2D eigenvalue weighted by Gasteiger charge is -2.05. The Balaban J connectivity index is 2.15. The summed E-state index contributed by atoms with van der Waals surface area (Å²) in [7, 11) is 0. The molecule has 1 saturated carbocycles. The molecule has 0 bridgehead atoms. The zero-order valence-electron chi connectivity index (χ0n) is 7.59. The Morgan fingerprint density at radius 1 is 1.54 bits per heavy atom. The van der Waals surface area contributed by atoms with E-state index in [1.54, 1.807) is 12.1 Å². The van der Waals surface area contributed by atoms with Gasteiger partial charge in [0.1, 0.15) is 0 Å². The maximum Gasteiger partial charge on any atom is 0.255 e. The second-order valence-corrected chi connectivity index (χ2v) is 3.26. The van der Waals surface area contributed by atoms with Gasteiger partial charge in [-0.2, -0.15) is 4.39 Å². The van der Waals surface area contributed by atoms with E-state index in [2.05, 4.69) is 4.98 Å². The van der Waals surface area contributed by atoms with Gasteiger partial charge in [0.15, 0.2) is 5.75 Å². The molecular weight excluding hydrogens is 169 g/mol. The topological polar surface area (TPSA) is 22.1 Å². The summed E-state index contributed by atoms with van der Waals surface area (Å²) < 4.78 is 18.5. The summed E-state index contributed by atoms with van der Waals surface area (Å²) in [5.74, 6) is -0.189. The molecule has 2 nitrogen and oxygen atoms in total. The molecule has 1 aliphatic rings. The highest BCUT2D eigenvalue weighted by atomic mass is 19.1. The molecule has 0 N–H and O–H groups in total. The molecule has 70 valence electrons. The Bertz CT molecular complexity index is 310. The molecule has 0 saturated heterocycles. The molecule has 0 unspecified atom stereocenters. The molecule has 1 aliphatic carbocycles. The van der Waals surface area contributed by atoms with E-state index in [9.17, 15) is 4.39 Å². The van der Waals surface area contributed by atoms with Crippen LogP contribution in [0.5, 0.6) is 5.75 Å². The van der Waals surface area contributed by atoms with Crippen LogP contribution in [0, 0.1) is 5.95 Å². The molecule has 13 heavy (non-hydrogen) atoms. The van der Waals surface area contributed by atoms with Gasteiger partial charge in [-0.25, -0.2) is 4.98 Å². The number of hydrogen-bond acceptors (Lipinski definition) is 2. The quantitative estimate of drug-likeness (QED) is 0.667. The number of ether oxygens (including phenoxy) is 1. The Labute approximate surface area is 76.7 Å². The average molecular weight is 181 g/mol. The van der Waals surface area contributed by atoms with Crippen LogP contribution in [0.1, 0.15) is 25.5 Å². The lowest BCUT2D eigenvalue weighted by molar-refractivity contribution is 0.283. The summed E-state index contributed by atoms with van der Waals surface area (Å²) >= 11 is 0. The second kappa shape index (κ2) is 3.32. The molecule has 0 radical (unpaired) electrons. The zero-order chi connectivity index (χ0) is 9.26. The first-order chi connectivity index (χ1) is 6.29. The van der Waals surface area contributed by atoms with E-state index in [4.69, 9.17) is 4.74 Å². The van der Waals surface area contributed by atoms with Crippen molar-refractivity contribution < 1.29 is 9.13 Å². The van der Waals surface area contributed by atoms with Gasteiger partial charge in [0, 0.05) is 5.69 Å². The Hall–Kier alpha value is -1.12. The van der Waals surface area contributed by atoms with E-state index in [1.165, 1.54) is 0 Å². The minimum atomic E-state index is -0.480.